The van der Waals surface area contributed by atoms with Gasteiger partial charge in [0.1, 0.15) is 0 Å². The second-order valence-corrected chi connectivity index (χ2v) is 11.0. The SMILES string of the molecule is CC(C)C[C@H](NC(=O)[C@H]1CCCC[C@H]1NC(=O)c1ccccc1)C(=O)CN1CCCCc2ccccc21. The Kier molecular flexibility index (Phi) is 9.37. The molecule has 3 atom stereocenters. The van der Waals surface area contributed by atoms with E-state index in [0.29, 0.717) is 24.9 Å². The third kappa shape index (κ3) is 7.21. The summed E-state index contributed by atoms with van der Waals surface area (Å²) in [5.74, 6) is -0.277. The van der Waals surface area contributed by atoms with Gasteiger partial charge < -0.3 is 15.5 Å². The zero-order chi connectivity index (χ0) is 26.2. The molecule has 4 rings (SSSR count). The highest BCUT2D eigenvalue weighted by atomic mass is 16.2. The average molecular weight is 504 g/mol. The second-order valence-electron chi connectivity index (χ2n) is 11.0. The lowest BCUT2D eigenvalue weighted by atomic mass is 9.83. The minimum Gasteiger partial charge on any atom is -0.364 e. The van der Waals surface area contributed by atoms with Gasteiger partial charge >= 0.3 is 0 Å². The van der Waals surface area contributed by atoms with Crippen LogP contribution in [-0.2, 0) is 16.0 Å². The van der Waals surface area contributed by atoms with Crippen LogP contribution in [0.3, 0.4) is 0 Å². The lowest BCUT2D eigenvalue weighted by Gasteiger charge is -2.33. The normalized spacial score (nSPS) is 20.5. The van der Waals surface area contributed by atoms with E-state index >= 15 is 0 Å². The van der Waals surface area contributed by atoms with Gasteiger partial charge in [-0.25, -0.2) is 0 Å². The highest BCUT2D eigenvalue weighted by Gasteiger charge is 2.35. The molecule has 0 unspecified atom stereocenters. The quantitative estimate of drug-likeness (QED) is 0.509. The topological polar surface area (TPSA) is 78.5 Å². The minimum atomic E-state index is -0.532. The molecule has 0 aromatic heterocycles. The highest BCUT2D eigenvalue weighted by Crippen LogP contribution is 2.27. The molecule has 1 aliphatic carbocycles. The summed E-state index contributed by atoms with van der Waals surface area (Å²) in [7, 11) is 0. The number of para-hydroxylation sites is 1. The zero-order valence-corrected chi connectivity index (χ0v) is 22.2. The predicted molar refractivity (Wildman–Crippen MR) is 148 cm³/mol. The van der Waals surface area contributed by atoms with Crippen molar-refractivity contribution in [2.75, 3.05) is 18.0 Å². The number of aryl methyl sites for hydroxylation is 1. The van der Waals surface area contributed by atoms with Gasteiger partial charge in [0.15, 0.2) is 5.78 Å². The van der Waals surface area contributed by atoms with Crippen LogP contribution in [0.1, 0.15) is 74.7 Å². The number of rotatable bonds is 9. The standard InChI is InChI=1S/C31H41N3O3/c1-22(2)20-27(29(35)21-34-19-11-10-13-23-12-6-9-18-28(23)34)33-31(37)25-16-7-8-17-26(25)32-30(36)24-14-4-3-5-15-24/h3-6,9,12,14-15,18,22,25-27H,7-8,10-11,13,16-17,19-21H2,1-2H3,(H,32,36)(H,33,37)/t25-,26+,27-/m0/s1. The summed E-state index contributed by atoms with van der Waals surface area (Å²) in [6, 6.07) is 16.7. The number of amides is 2. The van der Waals surface area contributed by atoms with Crippen LogP contribution in [0.25, 0.3) is 0 Å². The monoisotopic (exact) mass is 503 g/mol. The summed E-state index contributed by atoms with van der Waals surface area (Å²) >= 11 is 0. The highest BCUT2D eigenvalue weighted by molar-refractivity contribution is 5.95. The molecule has 0 radical (unpaired) electrons. The first kappa shape index (κ1) is 26.9. The lowest BCUT2D eigenvalue weighted by Crippen LogP contribution is -2.53. The first-order valence-electron chi connectivity index (χ1n) is 13.9. The van der Waals surface area contributed by atoms with Gasteiger partial charge in [0.25, 0.3) is 5.91 Å². The molecule has 2 aromatic rings. The molecule has 0 saturated heterocycles. The van der Waals surface area contributed by atoms with Gasteiger partial charge in [0.05, 0.1) is 18.5 Å². The maximum Gasteiger partial charge on any atom is 0.251 e. The van der Waals surface area contributed by atoms with Crippen molar-refractivity contribution < 1.29 is 14.4 Å². The molecule has 198 valence electrons. The number of hydrogen-bond acceptors (Lipinski definition) is 4. The fourth-order valence-electron chi connectivity index (χ4n) is 5.71. The molecule has 37 heavy (non-hydrogen) atoms. The van der Waals surface area contributed by atoms with Crippen LogP contribution in [0.2, 0.25) is 0 Å². The van der Waals surface area contributed by atoms with Crippen LogP contribution in [0.15, 0.2) is 54.6 Å². The Bertz CT molecular complexity index is 1070. The van der Waals surface area contributed by atoms with Crippen LogP contribution in [-0.4, -0.2) is 42.8 Å². The molecule has 6 nitrogen and oxygen atoms in total. The largest absolute Gasteiger partial charge is 0.364 e. The minimum absolute atomic E-state index is 0.0550. The Morgan fingerprint density at radius 1 is 0.919 bits per heavy atom. The third-order valence-corrected chi connectivity index (χ3v) is 7.67. The summed E-state index contributed by atoms with van der Waals surface area (Å²) in [4.78, 5) is 42.1. The van der Waals surface area contributed by atoms with E-state index in [1.54, 1.807) is 12.1 Å². The van der Waals surface area contributed by atoms with Gasteiger partial charge in [0, 0.05) is 23.8 Å². The fourth-order valence-corrected chi connectivity index (χ4v) is 5.71. The van der Waals surface area contributed by atoms with Crippen molar-refractivity contribution in [3.63, 3.8) is 0 Å². The molecule has 0 spiro atoms. The Morgan fingerprint density at radius 2 is 1.65 bits per heavy atom. The number of benzene rings is 2. The summed E-state index contributed by atoms with van der Waals surface area (Å²) in [5.41, 5.74) is 3.02. The number of carbonyl (C=O) groups is 3. The second kappa shape index (κ2) is 12.9. The molecule has 2 N–H and O–H groups in total. The van der Waals surface area contributed by atoms with Crippen LogP contribution in [0.5, 0.6) is 0 Å². The Morgan fingerprint density at radius 3 is 2.43 bits per heavy atom. The van der Waals surface area contributed by atoms with Gasteiger partial charge in [0.2, 0.25) is 5.91 Å². The van der Waals surface area contributed by atoms with E-state index in [1.165, 1.54) is 5.56 Å². The van der Waals surface area contributed by atoms with Gasteiger partial charge in [-0.1, -0.05) is 63.1 Å². The van der Waals surface area contributed by atoms with E-state index in [1.807, 2.05) is 24.3 Å². The van der Waals surface area contributed by atoms with Crippen molar-refractivity contribution in [2.24, 2.45) is 11.8 Å². The maximum atomic E-state index is 13.6. The molecule has 6 heteroatoms. The van der Waals surface area contributed by atoms with E-state index in [4.69, 9.17) is 0 Å². The molecule has 2 aliphatic rings. The number of hydrogen-bond donors (Lipinski definition) is 2. The molecule has 1 saturated carbocycles. The molecule has 0 bridgehead atoms. The number of ketones is 1. The number of carbonyl (C=O) groups excluding carboxylic acids is 3. The molecule has 1 heterocycles. The molecular formula is C31H41N3O3. The van der Waals surface area contributed by atoms with Crippen molar-refractivity contribution in [2.45, 2.75) is 77.3 Å². The lowest BCUT2D eigenvalue weighted by molar-refractivity contribution is -0.131. The van der Waals surface area contributed by atoms with Crippen molar-refractivity contribution in [3.8, 4) is 0 Å². The van der Waals surface area contributed by atoms with E-state index in [0.717, 1.165) is 50.8 Å². The van der Waals surface area contributed by atoms with E-state index in [2.05, 4.69) is 47.6 Å². The third-order valence-electron chi connectivity index (χ3n) is 7.67. The Labute approximate surface area is 221 Å². The van der Waals surface area contributed by atoms with Crippen molar-refractivity contribution in [1.82, 2.24) is 10.6 Å². The van der Waals surface area contributed by atoms with Crippen LogP contribution in [0, 0.1) is 11.8 Å². The van der Waals surface area contributed by atoms with Gasteiger partial charge in [-0.3, -0.25) is 14.4 Å². The first-order valence-corrected chi connectivity index (χ1v) is 13.9. The van der Waals surface area contributed by atoms with Crippen molar-refractivity contribution in [3.05, 3.63) is 65.7 Å². The Balaban J connectivity index is 1.44. The number of anilines is 1. The van der Waals surface area contributed by atoms with Gasteiger partial charge in [-0.05, 0) is 68.2 Å². The number of nitrogens with zero attached hydrogens (tertiary/aromatic N) is 1. The molecule has 1 aliphatic heterocycles. The smallest absolute Gasteiger partial charge is 0.251 e. The fraction of sp³-hybridized carbons (Fsp3) is 0.516. The van der Waals surface area contributed by atoms with E-state index < -0.39 is 6.04 Å². The first-order chi connectivity index (χ1) is 17.9. The van der Waals surface area contributed by atoms with Crippen molar-refractivity contribution >= 4 is 23.3 Å². The van der Waals surface area contributed by atoms with Gasteiger partial charge in [-0.2, -0.15) is 0 Å². The van der Waals surface area contributed by atoms with Crippen LogP contribution < -0.4 is 15.5 Å². The molecule has 2 aromatic carbocycles. The van der Waals surface area contributed by atoms with E-state index in [-0.39, 0.29) is 35.5 Å². The summed E-state index contributed by atoms with van der Waals surface area (Å²) in [5, 5.41) is 6.22. The zero-order valence-electron chi connectivity index (χ0n) is 22.2. The van der Waals surface area contributed by atoms with Gasteiger partial charge in [-0.15, -0.1) is 0 Å². The van der Waals surface area contributed by atoms with Crippen molar-refractivity contribution in [1.29, 1.82) is 0 Å². The molecule has 1 fully saturated rings. The summed E-state index contributed by atoms with van der Waals surface area (Å²) in [6.07, 6.45) is 7.21. The Hall–Kier alpha value is -3.15. The predicted octanol–water partition coefficient (Wildman–Crippen LogP) is 4.92. The average Bonchev–Trinajstić information content (AvgIpc) is 3.11. The summed E-state index contributed by atoms with van der Waals surface area (Å²) in [6.45, 7) is 5.31. The molecule has 2 amide bonds. The van der Waals surface area contributed by atoms with Crippen LogP contribution >= 0.6 is 0 Å². The van der Waals surface area contributed by atoms with Crippen LogP contribution in [0.4, 0.5) is 5.69 Å². The molecular weight excluding hydrogens is 462 g/mol. The van der Waals surface area contributed by atoms with E-state index in [9.17, 15) is 14.4 Å². The maximum absolute atomic E-state index is 13.6. The number of fused-ring (bicyclic) bond motifs is 1. The number of nitrogens with one attached hydrogen (secondary N) is 2. The summed E-state index contributed by atoms with van der Waals surface area (Å²) < 4.78 is 0. The number of Topliss-reactive ketones (excluding diaryl/α,β-unsaturated/α-hetero) is 1.